The van der Waals surface area contributed by atoms with Crippen LogP contribution in [0.5, 0.6) is 0 Å². The third kappa shape index (κ3) is 4.73. The largest absolute Gasteiger partial charge is 0.369 e. The number of nitrogens with zero attached hydrogens (tertiary/aromatic N) is 5. The Hall–Kier alpha value is -2.66. The predicted octanol–water partition coefficient (Wildman–Crippen LogP) is 3.44. The molecule has 1 fully saturated rings. The molecule has 0 spiro atoms. The molecule has 0 aliphatic carbocycles. The Kier molecular flexibility index (Phi) is 6.18. The fourth-order valence-electron chi connectivity index (χ4n) is 3.27. The molecule has 30 heavy (non-hydrogen) atoms. The van der Waals surface area contributed by atoms with E-state index in [1.807, 2.05) is 25.1 Å². The van der Waals surface area contributed by atoms with Crippen molar-refractivity contribution in [3.8, 4) is 0 Å². The van der Waals surface area contributed by atoms with E-state index in [9.17, 15) is 4.79 Å². The van der Waals surface area contributed by atoms with Crippen molar-refractivity contribution < 1.29 is 0 Å². The molecule has 0 radical (unpaired) electrons. The Morgan fingerprint density at radius 2 is 1.77 bits per heavy atom. The summed E-state index contributed by atoms with van der Waals surface area (Å²) in [5.74, 6) is 1.08. The number of nitrogens with one attached hydrogen (secondary N) is 2. The third-order valence-electron chi connectivity index (χ3n) is 5.06. The Bertz CT molecular complexity index is 1080. The van der Waals surface area contributed by atoms with Crippen molar-refractivity contribution >= 4 is 51.7 Å². The molecule has 3 aromatic rings. The van der Waals surface area contributed by atoms with Crippen molar-refractivity contribution in [2.75, 3.05) is 41.7 Å². The Balaban J connectivity index is 1.48. The second-order valence-electron chi connectivity index (χ2n) is 7.26. The van der Waals surface area contributed by atoms with Gasteiger partial charge in [0.15, 0.2) is 0 Å². The number of anilines is 5. The summed E-state index contributed by atoms with van der Waals surface area (Å²) in [5, 5.41) is 6.37. The molecule has 0 amide bonds. The second kappa shape index (κ2) is 9.00. The SMILES string of the molecule is Cc1cnc(Nc2ccc(N3CCN(I)CC3)cc2)nc1Nc1cccn(C)c1=O. The molecule has 156 valence electrons. The van der Waals surface area contributed by atoms with Gasteiger partial charge in [-0.25, -0.2) is 8.10 Å². The third-order valence-corrected chi connectivity index (χ3v) is 6.03. The normalized spacial score (nSPS) is 14.6. The van der Waals surface area contributed by atoms with E-state index < -0.39 is 0 Å². The summed E-state index contributed by atoms with van der Waals surface area (Å²) >= 11 is 2.38. The van der Waals surface area contributed by atoms with Gasteiger partial charge in [-0.05, 0) is 43.3 Å². The number of benzene rings is 1. The highest BCUT2D eigenvalue weighted by Gasteiger charge is 2.15. The lowest BCUT2D eigenvalue weighted by Crippen LogP contribution is -2.42. The van der Waals surface area contributed by atoms with Gasteiger partial charge in [0.2, 0.25) is 5.95 Å². The van der Waals surface area contributed by atoms with Crippen LogP contribution in [-0.2, 0) is 7.05 Å². The van der Waals surface area contributed by atoms with Crippen LogP contribution in [0.3, 0.4) is 0 Å². The van der Waals surface area contributed by atoms with Crippen molar-refractivity contribution in [2.45, 2.75) is 6.92 Å². The molecule has 2 N–H and O–H groups in total. The first-order valence-corrected chi connectivity index (χ1v) is 10.7. The summed E-state index contributed by atoms with van der Waals surface area (Å²) in [6, 6.07) is 11.9. The van der Waals surface area contributed by atoms with Crippen LogP contribution in [0.4, 0.5) is 28.8 Å². The standard InChI is InChI=1S/C21H24IN7O/c1-15-14-23-21(26-19(15)25-18-4-3-9-27(2)20(18)30)24-16-5-7-17(8-6-16)28-10-12-29(22)13-11-28/h3-9,14H,10-13H2,1-2H3,(H2,23,24,25,26). The smallest absolute Gasteiger partial charge is 0.274 e. The van der Waals surface area contributed by atoms with Crippen LogP contribution in [0.2, 0.25) is 0 Å². The number of aromatic nitrogens is 3. The van der Waals surface area contributed by atoms with Crippen molar-refractivity contribution in [3.63, 3.8) is 0 Å². The van der Waals surface area contributed by atoms with E-state index in [-0.39, 0.29) is 5.56 Å². The maximum Gasteiger partial charge on any atom is 0.274 e. The van der Waals surface area contributed by atoms with Crippen LogP contribution in [-0.4, -0.2) is 43.8 Å². The average molecular weight is 517 g/mol. The van der Waals surface area contributed by atoms with Gasteiger partial charge in [-0.2, -0.15) is 4.98 Å². The van der Waals surface area contributed by atoms with Crippen LogP contribution < -0.4 is 21.1 Å². The molecule has 1 aliphatic heterocycles. The number of piperazine rings is 1. The molecule has 2 aromatic heterocycles. The fraction of sp³-hybridized carbons (Fsp3) is 0.286. The lowest BCUT2D eigenvalue weighted by molar-refractivity contribution is 0.460. The minimum absolute atomic E-state index is 0.107. The minimum Gasteiger partial charge on any atom is -0.369 e. The maximum absolute atomic E-state index is 12.3. The van der Waals surface area contributed by atoms with Gasteiger partial charge in [-0.1, -0.05) is 0 Å². The lowest BCUT2D eigenvalue weighted by atomic mass is 10.2. The van der Waals surface area contributed by atoms with Crippen molar-refractivity contribution in [1.82, 2.24) is 17.6 Å². The monoisotopic (exact) mass is 517 g/mol. The number of rotatable bonds is 5. The molecule has 4 rings (SSSR count). The van der Waals surface area contributed by atoms with Gasteiger partial charge in [0.25, 0.3) is 5.56 Å². The van der Waals surface area contributed by atoms with E-state index in [2.05, 4.69) is 63.6 Å². The van der Waals surface area contributed by atoms with Crippen LogP contribution in [0.15, 0.2) is 53.6 Å². The van der Waals surface area contributed by atoms with E-state index in [1.165, 1.54) is 10.3 Å². The first kappa shape index (κ1) is 20.6. The van der Waals surface area contributed by atoms with Gasteiger partial charge in [-0.3, -0.25) is 4.79 Å². The van der Waals surface area contributed by atoms with E-state index in [0.717, 1.165) is 37.4 Å². The van der Waals surface area contributed by atoms with E-state index in [1.54, 1.807) is 25.5 Å². The highest BCUT2D eigenvalue weighted by Crippen LogP contribution is 2.23. The lowest BCUT2D eigenvalue weighted by Gasteiger charge is -2.33. The van der Waals surface area contributed by atoms with Crippen molar-refractivity contribution in [3.05, 3.63) is 64.7 Å². The molecular weight excluding hydrogens is 493 g/mol. The van der Waals surface area contributed by atoms with E-state index in [4.69, 9.17) is 0 Å². The number of pyridine rings is 1. The zero-order valence-corrected chi connectivity index (χ0v) is 19.1. The highest BCUT2D eigenvalue weighted by molar-refractivity contribution is 14.1. The van der Waals surface area contributed by atoms with Crippen LogP contribution in [0.25, 0.3) is 0 Å². The summed E-state index contributed by atoms with van der Waals surface area (Å²) < 4.78 is 3.84. The summed E-state index contributed by atoms with van der Waals surface area (Å²) in [7, 11) is 1.72. The fourth-order valence-corrected chi connectivity index (χ4v) is 3.71. The molecule has 1 aromatic carbocycles. The first-order valence-electron chi connectivity index (χ1n) is 9.79. The molecule has 0 bridgehead atoms. The zero-order valence-electron chi connectivity index (χ0n) is 17.0. The number of aryl methyl sites for hydroxylation is 2. The van der Waals surface area contributed by atoms with Gasteiger partial charge in [0, 0.05) is 85.4 Å². The van der Waals surface area contributed by atoms with E-state index >= 15 is 0 Å². The van der Waals surface area contributed by atoms with Gasteiger partial charge in [-0.15, -0.1) is 0 Å². The van der Waals surface area contributed by atoms with Gasteiger partial charge in [0.05, 0.1) is 0 Å². The average Bonchev–Trinajstić information content (AvgIpc) is 2.75. The maximum atomic E-state index is 12.3. The van der Waals surface area contributed by atoms with E-state index in [0.29, 0.717) is 17.5 Å². The number of hydrogen-bond donors (Lipinski definition) is 2. The molecule has 0 saturated carbocycles. The summed E-state index contributed by atoms with van der Waals surface area (Å²) in [5.41, 5.74) is 3.36. The Morgan fingerprint density at radius 3 is 2.50 bits per heavy atom. The highest BCUT2D eigenvalue weighted by atomic mass is 127. The molecule has 0 unspecified atom stereocenters. The van der Waals surface area contributed by atoms with Crippen molar-refractivity contribution in [1.29, 1.82) is 0 Å². The molecule has 0 atom stereocenters. The summed E-state index contributed by atoms with van der Waals surface area (Å²) in [6.07, 6.45) is 3.46. The Labute approximate surface area is 189 Å². The summed E-state index contributed by atoms with van der Waals surface area (Å²) in [4.78, 5) is 23.6. The predicted molar refractivity (Wildman–Crippen MR) is 129 cm³/mol. The molecule has 3 heterocycles. The summed E-state index contributed by atoms with van der Waals surface area (Å²) in [6.45, 7) is 6.11. The minimum atomic E-state index is -0.107. The molecule has 1 aliphatic rings. The quantitative estimate of drug-likeness (QED) is 0.397. The number of halogens is 1. The van der Waals surface area contributed by atoms with Crippen LogP contribution in [0.1, 0.15) is 5.56 Å². The molecule has 1 saturated heterocycles. The molecule has 9 heteroatoms. The zero-order chi connectivity index (χ0) is 21.1. The molecule has 8 nitrogen and oxygen atoms in total. The first-order chi connectivity index (χ1) is 14.5. The van der Waals surface area contributed by atoms with Gasteiger partial charge in [0.1, 0.15) is 11.5 Å². The van der Waals surface area contributed by atoms with Crippen LogP contribution >= 0.6 is 22.9 Å². The van der Waals surface area contributed by atoms with Crippen molar-refractivity contribution in [2.24, 2.45) is 7.05 Å². The topological polar surface area (TPSA) is 78.3 Å². The number of hydrogen-bond acceptors (Lipinski definition) is 7. The second-order valence-corrected chi connectivity index (χ2v) is 8.62. The van der Waals surface area contributed by atoms with Gasteiger partial charge < -0.3 is 20.1 Å². The molecular formula is C21H24IN7O. The Morgan fingerprint density at radius 1 is 1.03 bits per heavy atom. The van der Waals surface area contributed by atoms with Gasteiger partial charge >= 0.3 is 0 Å². The van der Waals surface area contributed by atoms with Crippen LogP contribution in [0, 0.1) is 6.92 Å².